The minimum Gasteiger partial charge on any atom is -0.350 e. The van der Waals surface area contributed by atoms with E-state index in [4.69, 9.17) is 5.26 Å². The third-order valence-corrected chi connectivity index (χ3v) is 5.62. The number of nitrogens with zero attached hydrogens (tertiary/aromatic N) is 4. The highest BCUT2D eigenvalue weighted by atomic mass is 16.2. The third kappa shape index (κ3) is 5.28. The molecule has 3 aromatic carbocycles. The van der Waals surface area contributed by atoms with Crippen molar-refractivity contribution in [3.8, 4) is 17.3 Å². The third-order valence-electron chi connectivity index (χ3n) is 5.62. The number of rotatable bonds is 8. The van der Waals surface area contributed by atoms with E-state index in [1.54, 1.807) is 10.8 Å². The van der Waals surface area contributed by atoms with Crippen molar-refractivity contribution in [3.05, 3.63) is 113 Å². The number of amides is 1. The van der Waals surface area contributed by atoms with Gasteiger partial charge in [-0.3, -0.25) is 4.79 Å². The molecule has 0 bridgehead atoms. The maximum atomic E-state index is 13.2. The number of allylic oxidation sites excluding steroid dienone is 1. The van der Waals surface area contributed by atoms with Crippen LogP contribution >= 0.6 is 0 Å². The monoisotopic (exact) mass is 447 g/mol. The lowest BCUT2D eigenvalue weighted by atomic mass is 9.98. The SMILES string of the molecule is Cc1cccc(/C=C/C#N)c1CCNC(=O)c1nnn(Cc2ccccc2)c1-c1ccccc1. The largest absolute Gasteiger partial charge is 0.350 e. The van der Waals surface area contributed by atoms with Crippen molar-refractivity contribution < 1.29 is 4.79 Å². The zero-order valence-electron chi connectivity index (χ0n) is 19.0. The quantitative estimate of drug-likeness (QED) is 0.393. The van der Waals surface area contributed by atoms with Crippen LogP contribution in [0.15, 0.2) is 84.9 Å². The van der Waals surface area contributed by atoms with Gasteiger partial charge in [-0.15, -0.1) is 5.10 Å². The number of aryl methyl sites for hydroxylation is 1. The molecule has 0 atom stereocenters. The Balaban J connectivity index is 1.55. The number of nitrogens with one attached hydrogen (secondary N) is 1. The van der Waals surface area contributed by atoms with Gasteiger partial charge in [-0.25, -0.2) is 4.68 Å². The molecule has 4 aromatic rings. The van der Waals surface area contributed by atoms with Crippen LogP contribution in [-0.4, -0.2) is 27.4 Å². The number of hydrogen-bond donors (Lipinski definition) is 1. The summed E-state index contributed by atoms with van der Waals surface area (Å²) in [6, 6.07) is 27.7. The second-order valence-electron chi connectivity index (χ2n) is 7.91. The Morgan fingerprint density at radius 2 is 1.76 bits per heavy atom. The predicted octanol–water partition coefficient (Wildman–Crippen LogP) is 4.81. The van der Waals surface area contributed by atoms with Crippen molar-refractivity contribution in [1.29, 1.82) is 5.26 Å². The van der Waals surface area contributed by atoms with Crippen LogP contribution in [0.1, 0.15) is 32.7 Å². The fourth-order valence-electron chi connectivity index (χ4n) is 3.95. The number of carbonyl (C=O) groups is 1. The maximum Gasteiger partial charge on any atom is 0.274 e. The van der Waals surface area contributed by atoms with Gasteiger partial charge in [0.25, 0.3) is 5.91 Å². The molecule has 0 saturated heterocycles. The fraction of sp³-hybridized carbons (Fsp3) is 0.143. The van der Waals surface area contributed by atoms with Gasteiger partial charge in [0.05, 0.1) is 12.6 Å². The highest BCUT2D eigenvalue weighted by Crippen LogP contribution is 2.23. The lowest BCUT2D eigenvalue weighted by Gasteiger charge is -2.11. The Kier molecular flexibility index (Phi) is 7.26. The number of benzene rings is 3. The van der Waals surface area contributed by atoms with Crippen LogP contribution in [0.25, 0.3) is 17.3 Å². The van der Waals surface area contributed by atoms with Gasteiger partial charge in [-0.05, 0) is 41.7 Å². The molecule has 6 heteroatoms. The lowest BCUT2D eigenvalue weighted by molar-refractivity contribution is 0.0949. The highest BCUT2D eigenvalue weighted by molar-refractivity contribution is 5.98. The Hall–Kier alpha value is -4.50. The molecular weight excluding hydrogens is 422 g/mol. The van der Waals surface area contributed by atoms with E-state index in [1.807, 2.05) is 91.9 Å². The molecule has 0 saturated carbocycles. The molecule has 1 N–H and O–H groups in total. The highest BCUT2D eigenvalue weighted by Gasteiger charge is 2.21. The fourth-order valence-corrected chi connectivity index (χ4v) is 3.95. The van der Waals surface area contributed by atoms with Crippen LogP contribution in [0.5, 0.6) is 0 Å². The van der Waals surface area contributed by atoms with Crippen molar-refractivity contribution in [2.45, 2.75) is 19.9 Å². The van der Waals surface area contributed by atoms with E-state index in [-0.39, 0.29) is 5.91 Å². The molecule has 34 heavy (non-hydrogen) atoms. The summed E-state index contributed by atoms with van der Waals surface area (Å²) >= 11 is 0. The normalized spacial score (nSPS) is 10.8. The summed E-state index contributed by atoms with van der Waals surface area (Å²) in [5, 5.41) is 20.4. The summed E-state index contributed by atoms with van der Waals surface area (Å²) in [6.45, 7) is 2.99. The first-order valence-electron chi connectivity index (χ1n) is 11.1. The summed E-state index contributed by atoms with van der Waals surface area (Å²) in [5.41, 5.74) is 6.16. The summed E-state index contributed by atoms with van der Waals surface area (Å²) < 4.78 is 1.77. The molecule has 0 aliphatic heterocycles. The first-order chi connectivity index (χ1) is 16.7. The maximum absolute atomic E-state index is 13.2. The van der Waals surface area contributed by atoms with E-state index >= 15 is 0 Å². The van der Waals surface area contributed by atoms with E-state index in [2.05, 4.69) is 15.6 Å². The topological polar surface area (TPSA) is 83.6 Å². The van der Waals surface area contributed by atoms with E-state index in [0.29, 0.717) is 30.9 Å². The Morgan fingerprint density at radius 3 is 2.50 bits per heavy atom. The van der Waals surface area contributed by atoms with Crippen molar-refractivity contribution >= 4 is 12.0 Å². The van der Waals surface area contributed by atoms with Crippen molar-refractivity contribution in [2.24, 2.45) is 0 Å². The summed E-state index contributed by atoms with van der Waals surface area (Å²) in [4.78, 5) is 13.2. The van der Waals surface area contributed by atoms with Crippen LogP contribution in [0, 0.1) is 18.3 Å². The Bertz CT molecular complexity index is 1330. The molecule has 6 nitrogen and oxygen atoms in total. The summed E-state index contributed by atoms with van der Waals surface area (Å²) in [6.07, 6.45) is 3.91. The molecule has 0 radical (unpaired) electrons. The number of aromatic nitrogens is 3. The van der Waals surface area contributed by atoms with Crippen molar-refractivity contribution in [3.63, 3.8) is 0 Å². The van der Waals surface area contributed by atoms with E-state index in [1.165, 1.54) is 6.08 Å². The lowest BCUT2D eigenvalue weighted by Crippen LogP contribution is -2.27. The first-order valence-corrected chi connectivity index (χ1v) is 11.1. The molecule has 1 heterocycles. The predicted molar refractivity (Wildman–Crippen MR) is 133 cm³/mol. The number of carbonyl (C=O) groups excluding carboxylic acids is 1. The van der Waals surface area contributed by atoms with Gasteiger partial charge < -0.3 is 5.32 Å². The zero-order valence-corrected chi connectivity index (χ0v) is 19.0. The molecule has 0 spiro atoms. The molecule has 1 amide bonds. The minimum absolute atomic E-state index is 0.263. The Labute approximate surface area is 199 Å². The van der Waals surface area contributed by atoms with Crippen LogP contribution in [-0.2, 0) is 13.0 Å². The second kappa shape index (κ2) is 10.9. The van der Waals surface area contributed by atoms with Crippen LogP contribution < -0.4 is 5.32 Å². The molecule has 0 aliphatic carbocycles. The average molecular weight is 448 g/mol. The van der Waals surface area contributed by atoms with Gasteiger partial charge in [0.2, 0.25) is 0 Å². The van der Waals surface area contributed by atoms with Gasteiger partial charge in [-0.2, -0.15) is 5.26 Å². The molecule has 0 fully saturated rings. The Morgan fingerprint density at radius 1 is 1.03 bits per heavy atom. The average Bonchev–Trinajstić information content (AvgIpc) is 3.28. The minimum atomic E-state index is -0.263. The van der Waals surface area contributed by atoms with E-state index < -0.39 is 0 Å². The molecule has 1 aromatic heterocycles. The van der Waals surface area contributed by atoms with Gasteiger partial charge >= 0.3 is 0 Å². The van der Waals surface area contributed by atoms with Crippen LogP contribution in [0.4, 0.5) is 0 Å². The number of nitriles is 1. The van der Waals surface area contributed by atoms with Crippen LogP contribution in [0.2, 0.25) is 0 Å². The standard InChI is InChI=1S/C28H25N5O/c1-21-10-8-15-23(16-9-18-29)25(21)17-19-30-28(34)26-27(24-13-6-3-7-14-24)33(32-31-26)20-22-11-4-2-5-12-22/h2-16H,17,19-20H2,1H3,(H,30,34)/b16-9+. The molecule has 168 valence electrons. The van der Waals surface area contributed by atoms with Crippen molar-refractivity contribution in [2.75, 3.05) is 6.54 Å². The first kappa shape index (κ1) is 22.7. The summed E-state index contributed by atoms with van der Waals surface area (Å²) in [5.74, 6) is -0.263. The molecule has 0 aliphatic rings. The van der Waals surface area contributed by atoms with Gasteiger partial charge in [-0.1, -0.05) is 84.1 Å². The van der Waals surface area contributed by atoms with E-state index in [0.717, 1.165) is 27.8 Å². The van der Waals surface area contributed by atoms with Gasteiger partial charge in [0.1, 0.15) is 5.69 Å². The summed E-state index contributed by atoms with van der Waals surface area (Å²) in [7, 11) is 0. The molecule has 0 unspecified atom stereocenters. The van der Waals surface area contributed by atoms with Crippen LogP contribution in [0.3, 0.4) is 0 Å². The van der Waals surface area contributed by atoms with Gasteiger partial charge in [0.15, 0.2) is 5.69 Å². The van der Waals surface area contributed by atoms with Crippen molar-refractivity contribution in [1.82, 2.24) is 20.3 Å². The number of hydrogen-bond acceptors (Lipinski definition) is 4. The molecule has 4 rings (SSSR count). The smallest absolute Gasteiger partial charge is 0.274 e. The second-order valence-corrected chi connectivity index (χ2v) is 7.91. The van der Waals surface area contributed by atoms with E-state index in [9.17, 15) is 4.79 Å². The van der Waals surface area contributed by atoms with Gasteiger partial charge in [0, 0.05) is 18.2 Å². The zero-order chi connectivity index (χ0) is 23.8. The molecular formula is C28H25N5O.